The van der Waals surface area contributed by atoms with Crippen LogP contribution in [0, 0.1) is 23.3 Å². The molecule has 0 saturated carbocycles. The minimum atomic E-state index is -2.47. The van der Waals surface area contributed by atoms with Gasteiger partial charge < -0.3 is 0 Å². The molecule has 0 fully saturated rings. The molecule has 0 unspecified atom stereocenters. The van der Waals surface area contributed by atoms with Crippen molar-refractivity contribution < 1.29 is 35.1 Å². The fraction of sp³-hybridized carbons (Fsp3) is 0.0909. The molecule has 0 amide bonds. The third-order valence-electron chi connectivity index (χ3n) is 2.15. The number of alkyl halides is 1. The van der Waals surface area contributed by atoms with Gasteiger partial charge in [0.25, 0.3) is 0 Å². The minimum Gasteiger partial charge on any atom is -0.246 e. The molecular formula is C11H4F8. The lowest BCUT2D eigenvalue weighted by Gasteiger charge is -2.10. The van der Waals surface area contributed by atoms with Crippen LogP contribution in [0.4, 0.5) is 35.1 Å². The zero-order valence-corrected chi connectivity index (χ0v) is 8.94. The van der Waals surface area contributed by atoms with Gasteiger partial charge in [-0.25, -0.2) is 35.1 Å². The lowest BCUT2D eigenvalue weighted by molar-refractivity contribution is 0.383. The van der Waals surface area contributed by atoms with Crippen molar-refractivity contribution in [2.24, 2.45) is 0 Å². The van der Waals surface area contributed by atoms with Crippen LogP contribution in [0.1, 0.15) is 11.1 Å². The van der Waals surface area contributed by atoms with Gasteiger partial charge in [-0.1, -0.05) is 6.58 Å². The molecule has 104 valence electrons. The van der Waals surface area contributed by atoms with Crippen molar-refractivity contribution in [1.29, 1.82) is 0 Å². The van der Waals surface area contributed by atoms with Crippen LogP contribution in [0.25, 0.3) is 5.83 Å². The van der Waals surface area contributed by atoms with E-state index in [4.69, 9.17) is 0 Å². The van der Waals surface area contributed by atoms with Gasteiger partial charge in [-0.05, 0) is 0 Å². The molecule has 0 aromatic heterocycles. The third-order valence-corrected chi connectivity index (χ3v) is 2.15. The summed E-state index contributed by atoms with van der Waals surface area (Å²) in [6, 6.07) is 0. The van der Waals surface area contributed by atoms with E-state index in [2.05, 4.69) is 6.58 Å². The van der Waals surface area contributed by atoms with E-state index in [0.29, 0.717) is 0 Å². The summed E-state index contributed by atoms with van der Waals surface area (Å²) in [5.41, 5.74) is -3.47. The fourth-order valence-electron chi connectivity index (χ4n) is 1.26. The molecule has 0 atom stereocenters. The average Bonchev–Trinajstić information content (AvgIpc) is 2.38. The first-order valence-corrected chi connectivity index (χ1v) is 4.55. The second-order valence-corrected chi connectivity index (χ2v) is 3.28. The van der Waals surface area contributed by atoms with Crippen LogP contribution < -0.4 is 0 Å². The van der Waals surface area contributed by atoms with Crippen LogP contribution in [0.15, 0.2) is 18.2 Å². The Labute approximate surface area is 101 Å². The highest BCUT2D eigenvalue weighted by Crippen LogP contribution is 2.34. The van der Waals surface area contributed by atoms with Crippen molar-refractivity contribution >= 4 is 5.83 Å². The fourth-order valence-corrected chi connectivity index (χ4v) is 1.26. The predicted octanol–water partition coefficient (Wildman–Crippen LogP) is 4.80. The van der Waals surface area contributed by atoms with Gasteiger partial charge in [-0.3, -0.25) is 0 Å². The molecule has 8 heteroatoms. The van der Waals surface area contributed by atoms with E-state index >= 15 is 0 Å². The summed E-state index contributed by atoms with van der Waals surface area (Å²) in [7, 11) is 0. The summed E-state index contributed by atoms with van der Waals surface area (Å²) >= 11 is 0. The van der Waals surface area contributed by atoms with E-state index in [9.17, 15) is 35.1 Å². The summed E-state index contributed by atoms with van der Waals surface area (Å²) in [6.45, 7) is 0.368. The first kappa shape index (κ1) is 15.2. The average molecular weight is 288 g/mol. The van der Waals surface area contributed by atoms with E-state index in [-0.39, 0.29) is 0 Å². The van der Waals surface area contributed by atoms with Crippen molar-refractivity contribution in [3.05, 3.63) is 52.6 Å². The summed E-state index contributed by atoms with van der Waals surface area (Å²) in [5, 5.41) is 0. The van der Waals surface area contributed by atoms with Crippen molar-refractivity contribution in [2.75, 3.05) is 0 Å². The van der Waals surface area contributed by atoms with Crippen LogP contribution in [0.2, 0.25) is 0 Å². The summed E-state index contributed by atoms with van der Waals surface area (Å²) in [5.74, 6) is -16.3. The lowest BCUT2D eigenvalue weighted by atomic mass is 10.0. The normalized spacial score (nSPS) is 12.4. The Hall–Kier alpha value is -1.86. The number of benzene rings is 1. The van der Waals surface area contributed by atoms with Gasteiger partial charge in [0, 0.05) is 5.56 Å². The summed E-state index contributed by atoms with van der Waals surface area (Å²) in [6.07, 6.45) is 0. The Morgan fingerprint density at radius 1 is 0.842 bits per heavy atom. The molecular weight excluding hydrogens is 284 g/mol. The third kappa shape index (κ3) is 2.47. The Bertz CT molecular complexity index is 573. The first-order valence-electron chi connectivity index (χ1n) is 4.55. The van der Waals surface area contributed by atoms with E-state index in [1.54, 1.807) is 0 Å². The van der Waals surface area contributed by atoms with Crippen molar-refractivity contribution in [3.8, 4) is 0 Å². The number of halogens is 8. The first-order chi connectivity index (χ1) is 8.73. The molecule has 0 aliphatic carbocycles. The molecule has 19 heavy (non-hydrogen) atoms. The summed E-state index contributed by atoms with van der Waals surface area (Å²) < 4.78 is 103. The minimum absolute atomic E-state index is 1.61. The van der Waals surface area contributed by atoms with E-state index in [1.165, 1.54) is 0 Å². The Morgan fingerprint density at radius 3 is 1.74 bits per heavy atom. The molecule has 0 N–H and O–H groups in total. The van der Waals surface area contributed by atoms with Crippen LogP contribution in [-0.2, 0) is 6.67 Å². The van der Waals surface area contributed by atoms with E-state index in [0.717, 1.165) is 0 Å². The van der Waals surface area contributed by atoms with Crippen LogP contribution in [-0.4, -0.2) is 0 Å². The second-order valence-electron chi connectivity index (χ2n) is 3.28. The van der Waals surface area contributed by atoms with Gasteiger partial charge in [0.1, 0.15) is 6.67 Å². The van der Waals surface area contributed by atoms with Crippen molar-refractivity contribution in [1.82, 2.24) is 0 Å². The molecule has 0 aliphatic heterocycles. The molecule has 0 nitrogen and oxygen atoms in total. The number of hydrogen-bond donors (Lipinski definition) is 0. The zero-order valence-electron chi connectivity index (χ0n) is 8.94. The van der Waals surface area contributed by atoms with E-state index < -0.39 is 58.6 Å². The highest BCUT2D eigenvalue weighted by Gasteiger charge is 2.29. The van der Waals surface area contributed by atoms with Gasteiger partial charge in [-0.15, -0.1) is 0 Å². The number of rotatable bonds is 3. The van der Waals surface area contributed by atoms with Gasteiger partial charge in [0.15, 0.2) is 40.7 Å². The molecule has 1 rings (SSSR count). The van der Waals surface area contributed by atoms with Gasteiger partial charge in [0.05, 0.1) is 5.56 Å². The topological polar surface area (TPSA) is 0 Å². The van der Waals surface area contributed by atoms with Crippen LogP contribution in [0.3, 0.4) is 0 Å². The monoisotopic (exact) mass is 288 g/mol. The Kier molecular flexibility index (Phi) is 4.33. The van der Waals surface area contributed by atoms with Crippen molar-refractivity contribution in [2.45, 2.75) is 6.67 Å². The molecule has 0 heterocycles. The number of allylic oxidation sites excluding steroid dienone is 2. The maximum absolute atomic E-state index is 13.3. The van der Waals surface area contributed by atoms with Gasteiger partial charge >= 0.3 is 0 Å². The quantitative estimate of drug-likeness (QED) is 0.324. The Morgan fingerprint density at radius 2 is 1.32 bits per heavy atom. The highest BCUT2D eigenvalue weighted by molar-refractivity contribution is 5.67. The lowest BCUT2D eigenvalue weighted by Crippen LogP contribution is -2.07. The molecule has 0 radical (unpaired) electrons. The van der Waals surface area contributed by atoms with E-state index in [1.807, 2.05) is 0 Å². The maximum atomic E-state index is 13.3. The van der Waals surface area contributed by atoms with Crippen LogP contribution >= 0.6 is 0 Å². The highest BCUT2D eigenvalue weighted by atomic mass is 19.2. The van der Waals surface area contributed by atoms with Gasteiger partial charge in [-0.2, -0.15) is 0 Å². The zero-order chi connectivity index (χ0) is 14.9. The molecule has 0 spiro atoms. The molecule has 0 bridgehead atoms. The molecule has 0 aliphatic rings. The van der Waals surface area contributed by atoms with Gasteiger partial charge in [0.2, 0.25) is 0 Å². The largest absolute Gasteiger partial charge is 0.246 e. The molecule has 1 aromatic carbocycles. The molecule has 1 aromatic rings. The molecule has 0 saturated heterocycles. The predicted molar refractivity (Wildman–Crippen MR) is 50.5 cm³/mol. The second kappa shape index (κ2) is 5.41. The summed E-state index contributed by atoms with van der Waals surface area (Å²) in [4.78, 5) is 0. The van der Waals surface area contributed by atoms with Crippen molar-refractivity contribution in [3.63, 3.8) is 0 Å². The smallest absolute Gasteiger partial charge is 0.198 e. The maximum Gasteiger partial charge on any atom is 0.198 e. The number of hydrogen-bond acceptors (Lipinski definition) is 0. The Balaban J connectivity index is 3.79. The van der Waals surface area contributed by atoms with Crippen LogP contribution in [0.5, 0.6) is 0 Å². The standard InChI is InChI=1S/C11H4F8/c1-3(13)6(14)8(16)5-4(2-12)7(15)10(18)11(19)9(5)17/h1-2H2/b8-6-. The SMILES string of the molecule is C=C(F)/C(F)=C(/F)c1c(F)c(F)c(F)c(F)c1CF.